The topological polar surface area (TPSA) is 144 Å². The first-order chi connectivity index (χ1) is 22.3. The van der Waals surface area contributed by atoms with Crippen LogP contribution in [0.4, 0.5) is 0 Å². The minimum Gasteiger partial charge on any atom is -0.497 e. The van der Waals surface area contributed by atoms with Crippen LogP contribution in [0.5, 0.6) is 23.0 Å². The first-order valence-electron chi connectivity index (χ1n) is 15.9. The van der Waals surface area contributed by atoms with E-state index in [1.807, 2.05) is 12.1 Å². The molecule has 0 bridgehead atoms. The molecule has 11 nitrogen and oxygen atoms in total. The average molecular weight is 639 g/mol. The lowest BCUT2D eigenvalue weighted by atomic mass is 9.77. The van der Waals surface area contributed by atoms with E-state index in [0.29, 0.717) is 53.3 Å². The van der Waals surface area contributed by atoms with Gasteiger partial charge < -0.3 is 39.4 Å². The van der Waals surface area contributed by atoms with Gasteiger partial charge in [0.1, 0.15) is 30.0 Å². The van der Waals surface area contributed by atoms with Gasteiger partial charge in [-0.3, -0.25) is 14.4 Å². The maximum atomic E-state index is 14.0. The van der Waals surface area contributed by atoms with Gasteiger partial charge in [-0.25, -0.2) is 0 Å². The van der Waals surface area contributed by atoms with Crippen molar-refractivity contribution < 1.29 is 43.5 Å². The minimum absolute atomic E-state index is 0.0161. The second kappa shape index (κ2) is 16.5. The van der Waals surface area contributed by atoms with Crippen LogP contribution in [-0.4, -0.2) is 92.5 Å². The van der Waals surface area contributed by atoms with Crippen LogP contribution in [0.15, 0.2) is 42.0 Å². The number of aliphatic hydroxyl groups excluding tert-OH is 2. The summed E-state index contributed by atoms with van der Waals surface area (Å²) in [5, 5.41) is 24.1. The van der Waals surface area contributed by atoms with Gasteiger partial charge in [-0.15, -0.1) is 0 Å². The molecule has 0 unspecified atom stereocenters. The highest BCUT2D eigenvalue weighted by Crippen LogP contribution is 2.51. The van der Waals surface area contributed by atoms with Crippen molar-refractivity contribution in [3.05, 3.63) is 58.7 Å². The first kappa shape index (κ1) is 34.8. The summed E-state index contributed by atoms with van der Waals surface area (Å²) >= 11 is 0. The fourth-order valence-electron chi connectivity index (χ4n) is 6.34. The lowest BCUT2D eigenvalue weighted by Gasteiger charge is -2.41. The third-order valence-electron chi connectivity index (χ3n) is 8.69. The minimum atomic E-state index is -1.22. The molecule has 46 heavy (non-hydrogen) atoms. The smallest absolute Gasteiger partial charge is 0.247 e. The highest BCUT2D eigenvalue weighted by Gasteiger charge is 2.51. The van der Waals surface area contributed by atoms with Crippen molar-refractivity contribution in [2.24, 2.45) is 0 Å². The van der Waals surface area contributed by atoms with E-state index in [9.17, 15) is 24.6 Å². The lowest BCUT2D eigenvalue weighted by molar-refractivity contribution is -0.137. The van der Waals surface area contributed by atoms with Crippen LogP contribution in [0.25, 0.3) is 0 Å². The SMILES string of the molecule is CCCCCCCC(=O)N(CCc1cc(OC)ccc1OC)[C@@H]1C=C(C(=O)NCCO)[C@@H]2c3cc(C=O)cc(OC)c3O[C@@H]2[C@H]1O. The second-order valence-electron chi connectivity index (χ2n) is 11.6. The quantitative estimate of drug-likeness (QED) is 0.175. The van der Waals surface area contributed by atoms with Crippen LogP contribution in [0.1, 0.15) is 72.9 Å². The molecular weight excluding hydrogens is 592 g/mol. The van der Waals surface area contributed by atoms with Crippen molar-refractivity contribution in [3.8, 4) is 23.0 Å². The predicted octanol–water partition coefficient (Wildman–Crippen LogP) is 3.58. The molecule has 2 aromatic carbocycles. The molecule has 1 aliphatic carbocycles. The number of ether oxygens (including phenoxy) is 4. The van der Waals surface area contributed by atoms with Crippen molar-refractivity contribution in [2.45, 2.75) is 76.0 Å². The number of methoxy groups -OCH3 is 3. The second-order valence-corrected chi connectivity index (χ2v) is 11.6. The molecule has 2 aromatic rings. The molecule has 1 heterocycles. The zero-order chi connectivity index (χ0) is 33.2. The zero-order valence-electron chi connectivity index (χ0n) is 27.1. The van der Waals surface area contributed by atoms with Crippen molar-refractivity contribution in [3.63, 3.8) is 0 Å². The van der Waals surface area contributed by atoms with Gasteiger partial charge in [0.25, 0.3) is 0 Å². The number of aldehydes is 1. The van der Waals surface area contributed by atoms with Gasteiger partial charge in [-0.2, -0.15) is 0 Å². The van der Waals surface area contributed by atoms with Crippen LogP contribution in [-0.2, 0) is 16.0 Å². The van der Waals surface area contributed by atoms with Gasteiger partial charge in [-0.1, -0.05) is 32.6 Å². The highest BCUT2D eigenvalue weighted by atomic mass is 16.5. The standard InChI is InChI=1S/C35H46N2O9/c1-5-6-7-8-9-10-30(40)37(15-13-23-19-24(43-2)11-12-28(23)44-3)27-20-26(35(42)36-14-16-38)31-25-17-22(21-39)18-29(45-4)33(25)46-34(31)32(27)41/h11-12,17-21,27,31-32,34,38,41H,5-10,13-16H2,1-4H3,(H,36,42)/t27-,31+,32+,34+/m1/s1. The third-order valence-corrected chi connectivity index (χ3v) is 8.69. The number of hydrogen-bond donors (Lipinski definition) is 3. The normalized spacial score (nSPS) is 19.7. The number of nitrogens with one attached hydrogen (secondary N) is 1. The Morgan fingerprint density at radius 2 is 1.78 bits per heavy atom. The molecule has 0 radical (unpaired) electrons. The van der Waals surface area contributed by atoms with Gasteiger partial charge in [0.05, 0.1) is 39.9 Å². The van der Waals surface area contributed by atoms with E-state index in [4.69, 9.17) is 18.9 Å². The van der Waals surface area contributed by atoms with E-state index in [1.165, 1.54) is 13.2 Å². The molecule has 2 aliphatic rings. The molecule has 0 saturated carbocycles. The first-order valence-corrected chi connectivity index (χ1v) is 15.9. The monoisotopic (exact) mass is 638 g/mol. The van der Waals surface area contributed by atoms with Crippen molar-refractivity contribution >= 4 is 18.1 Å². The maximum absolute atomic E-state index is 14.0. The van der Waals surface area contributed by atoms with Crippen LogP contribution in [0.2, 0.25) is 0 Å². The zero-order valence-corrected chi connectivity index (χ0v) is 27.1. The molecule has 4 rings (SSSR count). The molecule has 0 fully saturated rings. The van der Waals surface area contributed by atoms with Gasteiger partial charge in [0, 0.05) is 36.2 Å². The van der Waals surface area contributed by atoms with Crippen molar-refractivity contribution in [1.29, 1.82) is 0 Å². The Labute approximate surface area is 270 Å². The predicted molar refractivity (Wildman–Crippen MR) is 172 cm³/mol. The number of carbonyl (C=O) groups excluding carboxylic acids is 3. The van der Waals surface area contributed by atoms with E-state index in [-0.39, 0.29) is 37.6 Å². The molecule has 11 heteroatoms. The molecule has 250 valence electrons. The Kier molecular flexibility index (Phi) is 12.4. The van der Waals surface area contributed by atoms with Gasteiger partial charge in [0.15, 0.2) is 11.5 Å². The van der Waals surface area contributed by atoms with Gasteiger partial charge >= 0.3 is 0 Å². The number of amides is 2. The molecule has 2 amide bonds. The third kappa shape index (κ3) is 7.64. The Balaban J connectivity index is 1.74. The van der Waals surface area contributed by atoms with E-state index in [1.54, 1.807) is 37.3 Å². The molecule has 4 atom stereocenters. The van der Waals surface area contributed by atoms with Gasteiger partial charge in [0.2, 0.25) is 11.8 Å². The maximum Gasteiger partial charge on any atom is 0.247 e. The fraction of sp³-hybridized carbons (Fsp3) is 0.514. The largest absolute Gasteiger partial charge is 0.497 e. The number of unbranched alkanes of at least 4 members (excludes halogenated alkanes) is 4. The number of nitrogens with zero attached hydrogens (tertiary/aromatic N) is 1. The summed E-state index contributed by atoms with van der Waals surface area (Å²) in [6.45, 7) is 2.11. The summed E-state index contributed by atoms with van der Waals surface area (Å²) < 4.78 is 22.8. The van der Waals surface area contributed by atoms with Crippen LogP contribution >= 0.6 is 0 Å². The number of carbonyl (C=O) groups is 3. The van der Waals surface area contributed by atoms with E-state index in [2.05, 4.69) is 12.2 Å². The molecular formula is C35H46N2O9. The van der Waals surface area contributed by atoms with Crippen LogP contribution in [0, 0.1) is 0 Å². The average Bonchev–Trinajstić information content (AvgIpc) is 3.47. The Morgan fingerprint density at radius 1 is 1.02 bits per heavy atom. The summed E-state index contributed by atoms with van der Waals surface area (Å²) in [5.41, 5.74) is 1.96. The molecule has 0 spiro atoms. The Bertz CT molecular complexity index is 1410. The number of hydrogen-bond acceptors (Lipinski definition) is 9. The summed E-state index contributed by atoms with van der Waals surface area (Å²) in [7, 11) is 4.61. The Hall–Kier alpha value is -4.09. The highest BCUT2D eigenvalue weighted by molar-refractivity contribution is 5.96. The van der Waals surface area contributed by atoms with E-state index >= 15 is 0 Å². The molecule has 3 N–H and O–H groups in total. The van der Waals surface area contributed by atoms with Crippen LogP contribution in [0.3, 0.4) is 0 Å². The Morgan fingerprint density at radius 3 is 2.46 bits per heavy atom. The van der Waals surface area contributed by atoms with Crippen molar-refractivity contribution in [1.82, 2.24) is 10.2 Å². The van der Waals surface area contributed by atoms with Crippen molar-refractivity contribution in [2.75, 3.05) is 41.0 Å². The fourth-order valence-corrected chi connectivity index (χ4v) is 6.34. The van der Waals surface area contributed by atoms with Crippen LogP contribution < -0.4 is 24.3 Å². The van der Waals surface area contributed by atoms with Gasteiger partial charge in [-0.05, 0) is 54.8 Å². The summed E-state index contributed by atoms with van der Waals surface area (Å²) in [6.07, 6.45) is 5.68. The number of benzene rings is 2. The lowest BCUT2D eigenvalue weighted by Crippen LogP contribution is -2.56. The molecule has 0 saturated heterocycles. The summed E-state index contributed by atoms with van der Waals surface area (Å²) in [5.74, 6) is 0.575. The summed E-state index contributed by atoms with van der Waals surface area (Å²) in [6, 6.07) is 7.73. The number of fused-ring (bicyclic) bond motifs is 3. The number of aliphatic hydroxyl groups is 2. The summed E-state index contributed by atoms with van der Waals surface area (Å²) in [4.78, 5) is 41.0. The van der Waals surface area contributed by atoms with E-state index in [0.717, 1.165) is 31.2 Å². The molecule has 1 aliphatic heterocycles. The number of rotatable bonds is 17. The molecule has 0 aromatic heterocycles. The van der Waals surface area contributed by atoms with E-state index < -0.39 is 30.1 Å².